The molecule has 0 saturated carbocycles. The van der Waals surface area contributed by atoms with Crippen LogP contribution in [0.1, 0.15) is 13.3 Å². The summed E-state index contributed by atoms with van der Waals surface area (Å²) in [5.41, 5.74) is 6.68. The van der Waals surface area contributed by atoms with Crippen molar-refractivity contribution in [1.29, 1.82) is 0 Å². The Bertz CT molecular complexity index is 95.1. The van der Waals surface area contributed by atoms with Gasteiger partial charge in [0.2, 0.25) is 0 Å². The maximum Gasteiger partial charge on any atom is 0.00556 e. The molecular weight excluding hydrogens is 112 g/mol. The highest BCUT2D eigenvalue weighted by Gasteiger charge is 1.85. The molecule has 0 aliphatic carbocycles. The summed E-state index contributed by atoms with van der Waals surface area (Å²) in [7, 11) is 4.03. The predicted octanol–water partition coefficient (Wildman–Crippen LogP) is 0.801. The summed E-state index contributed by atoms with van der Waals surface area (Å²) in [4.78, 5) is 2.03. The van der Waals surface area contributed by atoms with Gasteiger partial charge in [0.1, 0.15) is 0 Å². The van der Waals surface area contributed by atoms with Crippen LogP contribution in [0.25, 0.3) is 0 Å². The maximum absolute atomic E-state index is 5.35. The zero-order valence-corrected chi connectivity index (χ0v) is 6.52. The van der Waals surface area contributed by atoms with E-state index in [1.54, 1.807) is 0 Å². The Kier molecular flexibility index (Phi) is 4.14. The molecule has 0 atom stereocenters. The van der Waals surface area contributed by atoms with Gasteiger partial charge in [-0.3, -0.25) is 0 Å². The predicted molar refractivity (Wildman–Crippen MR) is 41.1 cm³/mol. The number of hydrogen-bond acceptors (Lipinski definition) is 2. The van der Waals surface area contributed by atoms with Crippen LogP contribution in [0.3, 0.4) is 0 Å². The van der Waals surface area contributed by atoms with E-state index in [-0.39, 0.29) is 0 Å². The summed E-state index contributed by atoms with van der Waals surface area (Å²) < 4.78 is 0. The van der Waals surface area contributed by atoms with Crippen LogP contribution in [0.15, 0.2) is 11.8 Å². The van der Waals surface area contributed by atoms with Gasteiger partial charge < -0.3 is 10.6 Å². The Morgan fingerprint density at radius 1 is 1.56 bits per heavy atom. The van der Waals surface area contributed by atoms with Crippen LogP contribution in [0.2, 0.25) is 0 Å². The van der Waals surface area contributed by atoms with Gasteiger partial charge in [-0.2, -0.15) is 0 Å². The van der Waals surface area contributed by atoms with E-state index in [0.29, 0.717) is 0 Å². The molecule has 0 aromatic rings. The molecule has 0 rings (SSSR count). The number of hydrogen-bond donors (Lipinski definition) is 1. The van der Waals surface area contributed by atoms with Crippen molar-refractivity contribution in [3.05, 3.63) is 11.8 Å². The van der Waals surface area contributed by atoms with Crippen molar-refractivity contribution in [3.63, 3.8) is 0 Å². The molecule has 0 spiro atoms. The molecule has 0 amide bonds. The van der Waals surface area contributed by atoms with Crippen molar-refractivity contribution < 1.29 is 0 Å². The van der Waals surface area contributed by atoms with Crippen LogP contribution < -0.4 is 5.73 Å². The Hall–Kier alpha value is -0.500. The number of nitrogens with two attached hydrogens (primary N) is 1. The fraction of sp³-hybridized carbons (Fsp3) is 0.714. The lowest BCUT2D eigenvalue weighted by atomic mass is 10.2. The first-order chi connectivity index (χ1) is 4.16. The largest absolute Gasteiger partial charge is 0.384 e. The SMILES string of the molecule is C/C(=C\N(C)C)CCN. The summed E-state index contributed by atoms with van der Waals surface area (Å²) >= 11 is 0. The van der Waals surface area contributed by atoms with Crippen molar-refractivity contribution in [3.8, 4) is 0 Å². The van der Waals surface area contributed by atoms with E-state index in [1.807, 2.05) is 19.0 Å². The standard InChI is InChI=1S/C7H16N2/c1-7(4-5-8)6-9(2)3/h6H,4-5,8H2,1-3H3/b7-6+. The van der Waals surface area contributed by atoms with E-state index in [9.17, 15) is 0 Å². The van der Waals surface area contributed by atoms with E-state index in [1.165, 1.54) is 5.57 Å². The third kappa shape index (κ3) is 5.37. The fourth-order valence-corrected chi connectivity index (χ4v) is 0.733. The highest BCUT2D eigenvalue weighted by molar-refractivity contribution is 4.96. The molecule has 2 heteroatoms. The average Bonchev–Trinajstić information content (AvgIpc) is 1.63. The monoisotopic (exact) mass is 128 g/mol. The molecule has 0 aliphatic heterocycles. The first kappa shape index (κ1) is 8.50. The Labute approximate surface area is 57.3 Å². The molecule has 0 heterocycles. The van der Waals surface area contributed by atoms with Gasteiger partial charge in [0.25, 0.3) is 0 Å². The van der Waals surface area contributed by atoms with Crippen molar-refractivity contribution >= 4 is 0 Å². The lowest BCUT2D eigenvalue weighted by Gasteiger charge is -2.06. The molecule has 2 N–H and O–H groups in total. The molecule has 0 fully saturated rings. The van der Waals surface area contributed by atoms with Crippen LogP contribution in [0.5, 0.6) is 0 Å². The molecule has 0 saturated heterocycles. The first-order valence-electron chi connectivity index (χ1n) is 3.20. The summed E-state index contributed by atoms with van der Waals surface area (Å²) in [5, 5.41) is 0. The quantitative estimate of drug-likeness (QED) is 0.609. The van der Waals surface area contributed by atoms with Crippen molar-refractivity contribution in [2.75, 3.05) is 20.6 Å². The fourth-order valence-electron chi connectivity index (χ4n) is 0.733. The maximum atomic E-state index is 5.35. The minimum atomic E-state index is 0.746. The highest BCUT2D eigenvalue weighted by atomic mass is 15.0. The second kappa shape index (κ2) is 4.39. The molecule has 0 unspecified atom stereocenters. The lowest BCUT2D eigenvalue weighted by Crippen LogP contribution is -2.04. The molecule has 9 heavy (non-hydrogen) atoms. The molecule has 0 aromatic heterocycles. The Balaban J connectivity index is 3.55. The van der Waals surface area contributed by atoms with Crippen molar-refractivity contribution in [2.24, 2.45) is 5.73 Å². The molecule has 0 aliphatic rings. The second-order valence-electron chi connectivity index (χ2n) is 2.48. The van der Waals surface area contributed by atoms with E-state index in [0.717, 1.165) is 13.0 Å². The third-order valence-electron chi connectivity index (χ3n) is 1.02. The number of rotatable bonds is 3. The van der Waals surface area contributed by atoms with Crippen LogP contribution in [-0.2, 0) is 0 Å². The van der Waals surface area contributed by atoms with E-state index >= 15 is 0 Å². The van der Waals surface area contributed by atoms with Crippen molar-refractivity contribution in [2.45, 2.75) is 13.3 Å². The highest BCUT2D eigenvalue weighted by Crippen LogP contribution is 1.96. The van der Waals surface area contributed by atoms with Gasteiger partial charge in [-0.25, -0.2) is 0 Å². The van der Waals surface area contributed by atoms with Gasteiger partial charge in [-0.15, -0.1) is 0 Å². The number of nitrogens with zero attached hydrogens (tertiary/aromatic N) is 1. The normalized spacial score (nSPS) is 11.8. The van der Waals surface area contributed by atoms with Crippen molar-refractivity contribution in [1.82, 2.24) is 4.90 Å². The molecule has 0 bridgehead atoms. The van der Waals surface area contributed by atoms with Gasteiger partial charge in [-0.05, 0) is 26.1 Å². The average molecular weight is 128 g/mol. The van der Waals surface area contributed by atoms with Gasteiger partial charge in [-0.1, -0.05) is 5.57 Å². The van der Waals surface area contributed by atoms with Gasteiger partial charge in [0, 0.05) is 14.1 Å². The summed E-state index contributed by atoms with van der Waals surface area (Å²) in [6.45, 7) is 2.84. The molecule has 54 valence electrons. The molecular formula is C7H16N2. The van der Waals surface area contributed by atoms with Gasteiger partial charge >= 0.3 is 0 Å². The first-order valence-corrected chi connectivity index (χ1v) is 3.20. The molecule has 0 radical (unpaired) electrons. The summed E-state index contributed by atoms with van der Waals surface area (Å²) in [6, 6.07) is 0. The minimum Gasteiger partial charge on any atom is -0.384 e. The van der Waals surface area contributed by atoms with Crippen LogP contribution in [0, 0.1) is 0 Å². The topological polar surface area (TPSA) is 29.3 Å². The smallest absolute Gasteiger partial charge is 0.00556 e. The van der Waals surface area contributed by atoms with E-state index < -0.39 is 0 Å². The molecule has 2 nitrogen and oxygen atoms in total. The minimum absolute atomic E-state index is 0.746. The van der Waals surface area contributed by atoms with E-state index in [4.69, 9.17) is 5.73 Å². The van der Waals surface area contributed by atoms with Crippen LogP contribution >= 0.6 is 0 Å². The van der Waals surface area contributed by atoms with Gasteiger partial charge in [0.05, 0.1) is 0 Å². The third-order valence-corrected chi connectivity index (χ3v) is 1.02. The van der Waals surface area contributed by atoms with Crippen LogP contribution in [-0.4, -0.2) is 25.5 Å². The molecule has 0 aromatic carbocycles. The Morgan fingerprint density at radius 2 is 2.11 bits per heavy atom. The Morgan fingerprint density at radius 3 is 2.44 bits per heavy atom. The second-order valence-corrected chi connectivity index (χ2v) is 2.48. The summed E-state index contributed by atoms with van der Waals surface area (Å²) in [6.07, 6.45) is 3.09. The van der Waals surface area contributed by atoms with E-state index in [2.05, 4.69) is 13.1 Å². The van der Waals surface area contributed by atoms with Gasteiger partial charge in [0.15, 0.2) is 0 Å². The summed E-state index contributed by atoms with van der Waals surface area (Å²) in [5.74, 6) is 0. The zero-order valence-electron chi connectivity index (χ0n) is 6.52. The lowest BCUT2D eigenvalue weighted by molar-refractivity contribution is 0.555. The zero-order chi connectivity index (χ0) is 7.28. The van der Waals surface area contributed by atoms with Crippen LogP contribution in [0.4, 0.5) is 0 Å².